The Bertz CT molecular complexity index is 749. The Kier molecular flexibility index (Phi) is 4.63. The third-order valence-electron chi connectivity index (χ3n) is 2.97. The molecule has 6 nitrogen and oxygen atoms in total. The van der Waals surface area contributed by atoms with E-state index in [4.69, 9.17) is 25.8 Å². The van der Waals surface area contributed by atoms with Gasteiger partial charge in [0.05, 0.1) is 6.21 Å². The minimum atomic E-state index is -0.373. The summed E-state index contributed by atoms with van der Waals surface area (Å²) < 4.78 is 15.8. The maximum Gasteiger partial charge on any atom is 0.277 e. The maximum absolute atomic E-state index is 11.7. The van der Waals surface area contributed by atoms with Crippen molar-refractivity contribution in [3.8, 4) is 17.2 Å². The van der Waals surface area contributed by atoms with E-state index in [1.54, 1.807) is 36.4 Å². The molecular formula is C16H13ClN2O4. The highest BCUT2D eigenvalue weighted by Gasteiger charge is 2.12. The van der Waals surface area contributed by atoms with Crippen molar-refractivity contribution in [1.82, 2.24) is 5.43 Å². The van der Waals surface area contributed by atoms with Gasteiger partial charge in [-0.2, -0.15) is 5.10 Å². The van der Waals surface area contributed by atoms with Crippen LogP contribution in [-0.2, 0) is 4.79 Å². The molecule has 1 aliphatic heterocycles. The molecule has 3 rings (SSSR count). The second kappa shape index (κ2) is 7.02. The van der Waals surface area contributed by atoms with Crippen LogP contribution in [0.25, 0.3) is 0 Å². The van der Waals surface area contributed by atoms with Crippen LogP contribution in [0.5, 0.6) is 17.2 Å². The van der Waals surface area contributed by atoms with Gasteiger partial charge in [-0.1, -0.05) is 17.7 Å². The first-order valence-corrected chi connectivity index (χ1v) is 7.18. The average Bonchev–Trinajstić information content (AvgIpc) is 3.01. The fourth-order valence-electron chi connectivity index (χ4n) is 1.91. The molecule has 0 radical (unpaired) electrons. The highest BCUT2D eigenvalue weighted by Crippen LogP contribution is 2.31. The summed E-state index contributed by atoms with van der Waals surface area (Å²) in [4.78, 5) is 11.7. The molecule has 118 valence electrons. The van der Waals surface area contributed by atoms with E-state index >= 15 is 0 Å². The van der Waals surface area contributed by atoms with Crippen molar-refractivity contribution in [3.63, 3.8) is 0 Å². The number of rotatable bonds is 5. The van der Waals surface area contributed by atoms with Crippen LogP contribution in [0, 0.1) is 0 Å². The molecule has 0 saturated heterocycles. The topological polar surface area (TPSA) is 69.2 Å². The molecule has 1 N–H and O–H groups in total. The first-order chi connectivity index (χ1) is 11.2. The summed E-state index contributed by atoms with van der Waals surface area (Å²) in [5, 5.41) is 4.42. The van der Waals surface area contributed by atoms with Crippen LogP contribution in [0.2, 0.25) is 5.02 Å². The van der Waals surface area contributed by atoms with Gasteiger partial charge in [0.1, 0.15) is 5.75 Å². The maximum atomic E-state index is 11.7. The van der Waals surface area contributed by atoms with Gasteiger partial charge in [0.15, 0.2) is 18.1 Å². The number of amides is 1. The molecule has 0 spiro atoms. The zero-order valence-corrected chi connectivity index (χ0v) is 12.7. The van der Waals surface area contributed by atoms with Crippen molar-refractivity contribution in [1.29, 1.82) is 0 Å². The van der Waals surface area contributed by atoms with E-state index in [0.717, 1.165) is 5.56 Å². The first kappa shape index (κ1) is 15.2. The lowest BCUT2D eigenvalue weighted by molar-refractivity contribution is -0.123. The Hall–Kier alpha value is -2.73. The quantitative estimate of drug-likeness (QED) is 0.675. The van der Waals surface area contributed by atoms with Crippen molar-refractivity contribution in [2.24, 2.45) is 5.10 Å². The Morgan fingerprint density at radius 3 is 3.00 bits per heavy atom. The molecule has 1 aliphatic rings. The molecule has 23 heavy (non-hydrogen) atoms. The molecule has 2 aromatic carbocycles. The minimum Gasteiger partial charge on any atom is -0.484 e. The second-order valence-electron chi connectivity index (χ2n) is 4.65. The predicted molar refractivity (Wildman–Crippen MR) is 85.2 cm³/mol. The van der Waals surface area contributed by atoms with Gasteiger partial charge in [-0.25, -0.2) is 5.43 Å². The Balaban J connectivity index is 1.48. The van der Waals surface area contributed by atoms with Crippen LogP contribution >= 0.6 is 11.6 Å². The lowest BCUT2D eigenvalue weighted by Gasteiger charge is -2.05. The van der Waals surface area contributed by atoms with E-state index in [1.807, 2.05) is 6.07 Å². The van der Waals surface area contributed by atoms with E-state index in [-0.39, 0.29) is 19.3 Å². The van der Waals surface area contributed by atoms with Crippen molar-refractivity contribution >= 4 is 23.7 Å². The lowest BCUT2D eigenvalue weighted by Crippen LogP contribution is -2.24. The van der Waals surface area contributed by atoms with Crippen LogP contribution < -0.4 is 19.6 Å². The Labute approximate surface area is 137 Å². The van der Waals surface area contributed by atoms with Gasteiger partial charge in [0.25, 0.3) is 5.91 Å². The molecule has 0 unspecified atom stereocenters. The first-order valence-electron chi connectivity index (χ1n) is 6.80. The molecule has 1 heterocycles. The molecule has 0 fully saturated rings. The minimum absolute atomic E-state index is 0.154. The molecule has 1 amide bonds. The van der Waals surface area contributed by atoms with Gasteiger partial charge in [0.2, 0.25) is 6.79 Å². The second-order valence-corrected chi connectivity index (χ2v) is 5.09. The van der Waals surface area contributed by atoms with Crippen molar-refractivity contribution in [2.45, 2.75) is 0 Å². The third-order valence-corrected chi connectivity index (χ3v) is 3.20. The molecule has 0 bridgehead atoms. The van der Waals surface area contributed by atoms with Gasteiger partial charge >= 0.3 is 0 Å². The lowest BCUT2D eigenvalue weighted by atomic mass is 10.2. The molecule has 0 aliphatic carbocycles. The number of hydrogen-bond acceptors (Lipinski definition) is 5. The molecule has 0 aromatic heterocycles. The summed E-state index contributed by atoms with van der Waals surface area (Å²) in [5.41, 5.74) is 3.17. The zero-order valence-electron chi connectivity index (χ0n) is 12.0. The zero-order chi connectivity index (χ0) is 16.1. The molecular weight excluding hydrogens is 320 g/mol. The summed E-state index contributed by atoms with van der Waals surface area (Å²) in [6, 6.07) is 12.2. The van der Waals surface area contributed by atoms with E-state index in [0.29, 0.717) is 22.3 Å². The van der Waals surface area contributed by atoms with Crippen molar-refractivity contribution < 1.29 is 19.0 Å². The van der Waals surface area contributed by atoms with Gasteiger partial charge in [-0.05, 0) is 42.0 Å². The van der Waals surface area contributed by atoms with Gasteiger partial charge in [0, 0.05) is 5.02 Å². The SMILES string of the molecule is O=C(COc1cccc(Cl)c1)N/N=C/c1ccc2c(c1)OCO2. The third kappa shape index (κ3) is 4.14. The number of carbonyl (C=O) groups is 1. The summed E-state index contributed by atoms with van der Waals surface area (Å²) in [6.45, 7) is 0.0618. The Morgan fingerprint density at radius 2 is 2.13 bits per heavy atom. The van der Waals surface area contributed by atoms with Gasteiger partial charge in [-0.3, -0.25) is 4.79 Å². The number of nitrogens with one attached hydrogen (secondary N) is 1. The van der Waals surface area contributed by atoms with Crippen LogP contribution in [0.1, 0.15) is 5.56 Å². The number of hydrazone groups is 1. The van der Waals surface area contributed by atoms with E-state index in [9.17, 15) is 4.79 Å². The van der Waals surface area contributed by atoms with Crippen LogP contribution in [0.4, 0.5) is 0 Å². The number of carbonyl (C=O) groups excluding carboxylic acids is 1. The highest BCUT2D eigenvalue weighted by molar-refractivity contribution is 6.30. The molecule has 7 heteroatoms. The summed E-state index contributed by atoms with van der Waals surface area (Å²) >= 11 is 5.83. The van der Waals surface area contributed by atoms with Crippen LogP contribution in [-0.4, -0.2) is 25.5 Å². The fourth-order valence-corrected chi connectivity index (χ4v) is 2.09. The Morgan fingerprint density at radius 1 is 1.26 bits per heavy atom. The van der Waals surface area contributed by atoms with E-state index < -0.39 is 0 Å². The fraction of sp³-hybridized carbons (Fsp3) is 0.125. The summed E-state index contributed by atoms with van der Waals surface area (Å²) in [7, 11) is 0. The predicted octanol–water partition coefficient (Wildman–Crippen LogP) is 2.60. The monoisotopic (exact) mass is 332 g/mol. The average molecular weight is 333 g/mol. The number of halogens is 1. The smallest absolute Gasteiger partial charge is 0.277 e. The normalized spacial score (nSPS) is 12.4. The number of hydrogen-bond donors (Lipinski definition) is 1. The standard InChI is InChI=1S/C16H13ClN2O4/c17-12-2-1-3-13(7-12)21-9-16(20)19-18-8-11-4-5-14-15(6-11)23-10-22-14/h1-8H,9-10H2,(H,19,20)/b18-8+. The van der Waals surface area contributed by atoms with Gasteiger partial charge < -0.3 is 14.2 Å². The molecule has 0 atom stereocenters. The number of ether oxygens (including phenoxy) is 3. The van der Waals surface area contributed by atoms with Crippen molar-refractivity contribution in [2.75, 3.05) is 13.4 Å². The number of benzene rings is 2. The summed E-state index contributed by atoms with van der Waals surface area (Å²) in [5.74, 6) is 1.50. The van der Waals surface area contributed by atoms with Crippen LogP contribution in [0.15, 0.2) is 47.6 Å². The summed E-state index contributed by atoms with van der Waals surface area (Å²) in [6.07, 6.45) is 1.51. The molecule has 0 saturated carbocycles. The number of fused-ring (bicyclic) bond motifs is 1. The van der Waals surface area contributed by atoms with E-state index in [2.05, 4.69) is 10.5 Å². The van der Waals surface area contributed by atoms with Crippen LogP contribution in [0.3, 0.4) is 0 Å². The molecule has 2 aromatic rings. The highest BCUT2D eigenvalue weighted by atomic mass is 35.5. The van der Waals surface area contributed by atoms with E-state index in [1.165, 1.54) is 6.21 Å². The number of nitrogens with zero attached hydrogens (tertiary/aromatic N) is 1. The largest absolute Gasteiger partial charge is 0.484 e. The van der Waals surface area contributed by atoms with Crippen molar-refractivity contribution in [3.05, 3.63) is 53.1 Å². The van der Waals surface area contributed by atoms with Gasteiger partial charge in [-0.15, -0.1) is 0 Å².